The van der Waals surface area contributed by atoms with E-state index < -0.39 is 0 Å². The number of alkyl halides is 1. The van der Waals surface area contributed by atoms with E-state index in [1.165, 1.54) is 29.3 Å². The zero-order valence-electron chi connectivity index (χ0n) is 5.85. The molecular formula is C8H11IS. The number of hydrogen-bond donors (Lipinski definition) is 0. The predicted octanol–water partition coefficient (Wildman–Crippen LogP) is 3.51. The zero-order chi connectivity index (χ0) is 7.23. The Morgan fingerprint density at radius 2 is 2.30 bits per heavy atom. The molecule has 0 amide bonds. The van der Waals surface area contributed by atoms with Gasteiger partial charge in [0.2, 0.25) is 0 Å². The molecule has 0 radical (unpaired) electrons. The molecule has 0 bridgehead atoms. The Morgan fingerprint density at radius 3 is 2.90 bits per heavy atom. The van der Waals surface area contributed by atoms with Gasteiger partial charge in [0.1, 0.15) is 0 Å². The van der Waals surface area contributed by atoms with Crippen LogP contribution in [0.2, 0.25) is 0 Å². The minimum atomic E-state index is 1.27. The van der Waals surface area contributed by atoms with Crippen LogP contribution in [0.3, 0.4) is 0 Å². The number of halogens is 1. The molecule has 1 heterocycles. The molecule has 0 aliphatic heterocycles. The molecule has 0 aromatic carbocycles. The van der Waals surface area contributed by atoms with Gasteiger partial charge in [0.05, 0.1) is 0 Å². The van der Waals surface area contributed by atoms with Crippen LogP contribution >= 0.6 is 33.9 Å². The number of unbranched alkanes of at least 4 members (excludes halogenated alkanes) is 1. The van der Waals surface area contributed by atoms with Gasteiger partial charge in [-0.2, -0.15) is 11.3 Å². The molecule has 0 nitrogen and oxygen atoms in total. The molecule has 0 spiro atoms. The van der Waals surface area contributed by atoms with Crippen molar-refractivity contribution in [2.24, 2.45) is 0 Å². The Hall–Kier alpha value is 0.430. The maximum Gasteiger partial charge on any atom is -0.000461 e. The summed E-state index contributed by atoms with van der Waals surface area (Å²) in [6.07, 6.45) is 3.97. The lowest BCUT2D eigenvalue weighted by molar-refractivity contribution is 0.812. The molecule has 0 saturated heterocycles. The van der Waals surface area contributed by atoms with Gasteiger partial charge < -0.3 is 0 Å². The quantitative estimate of drug-likeness (QED) is 0.444. The van der Waals surface area contributed by atoms with Crippen molar-refractivity contribution in [1.29, 1.82) is 0 Å². The summed E-state index contributed by atoms with van der Waals surface area (Å²) in [7, 11) is 0. The maximum atomic E-state index is 2.43. The average Bonchev–Trinajstić information content (AvgIpc) is 2.41. The third kappa shape index (κ3) is 3.01. The Balaban J connectivity index is 2.15. The summed E-state index contributed by atoms with van der Waals surface area (Å²) < 4.78 is 1.29. The average molecular weight is 266 g/mol. The van der Waals surface area contributed by atoms with E-state index in [2.05, 4.69) is 39.4 Å². The van der Waals surface area contributed by atoms with Gasteiger partial charge in [0, 0.05) is 0 Å². The second-order valence-corrected chi connectivity index (χ2v) is 4.14. The fourth-order valence-corrected chi connectivity index (χ4v) is 2.10. The summed E-state index contributed by atoms with van der Waals surface area (Å²) in [5, 5.41) is 4.40. The van der Waals surface area contributed by atoms with Crippen LogP contribution in [0.4, 0.5) is 0 Å². The van der Waals surface area contributed by atoms with Crippen LogP contribution in [-0.4, -0.2) is 4.43 Å². The topological polar surface area (TPSA) is 0 Å². The van der Waals surface area contributed by atoms with Crippen LogP contribution in [0, 0.1) is 0 Å². The van der Waals surface area contributed by atoms with E-state index in [-0.39, 0.29) is 0 Å². The molecule has 0 N–H and O–H groups in total. The van der Waals surface area contributed by atoms with Crippen LogP contribution < -0.4 is 0 Å². The summed E-state index contributed by atoms with van der Waals surface area (Å²) in [6, 6.07) is 2.22. The van der Waals surface area contributed by atoms with Gasteiger partial charge in [-0.3, -0.25) is 0 Å². The van der Waals surface area contributed by atoms with E-state index in [1.54, 1.807) is 11.3 Å². The first-order valence-electron chi connectivity index (χ1n) is 3.50. The minimum absolute atomic E-state index is 1.27. The summed E-state index contributed by atoms with van der Waals surface area (Å²) in [4.78, 5) is 0. The van der Waals surface area contributed by atoms with Crippen molar-refractivity contribution < 1.29 is 0 Å². The van der Waals surface area contributed by atoms with E-state index >= 15 is 0 Å². The highest BCUT2D eigenvalue weighted by Gasteiger charge is 1.91. The molecule has 0 fully saturated rings. The molecule has 56 valence electrons. The highest BCUT2D eigenvalue weighted by Crippen LogP contribution is 2.09. The number of rotatable bonds is 4. The lowest BCUT2D eigenvalue weighted by Gasteiger charge is -1.93. The van der Waals surface area contributed by atoms with Crippen LogP contribution in [-0.2, 0) is 6.42 Å². The first kappa shape index (κ1) is 8.53. The summed E-state index contributed by atoms with van der Waals surface area (Å²) in [5.74, 6) is 0. The molecule has 0 atom stereocenters. The molecule has 1 aromatic heterocycles. The van der Waals surface area contributed by atoms with Gasteiger partial charge in [-0.15, -0.1) is 0 Å². The number of thiophene rings is 1. The van der Waals surface area contributed by atoms with Crippen molar-refractivity contribution in [3.05, 3.63) is 22.4 Å². The second-order valence-electron chi connectivity index (χ2n) is 2.28. The van der Waals surface area contributed by atoms with Crippen LogP contribution in [0.15, 0.2) is 16.8 Å². The molecule has 10 heavy (non-hydrogen) atoms. The second kappa shape index (κ2) is 5.13. The van der Waals surface area contributed by atoms with Gasteiger partial charge in [-0.25, -0.2) is 0 Å². The third-order valence-electron chi connectivity index (χ3n) is 1.43. The van der Waals surface area contributed by atoms with Gasteiger partial charge in [-0.05, 0) is 46.1 Å². The Bertz CT molecular complexity index is 158. The summed E-state index contributed by atoms with van der Waals surface area (Å²) in [6.45, 7) is 0. The van der Waals surface area contributed by atoms with E-state index in [4.69, 9.17) is 0 Å². The zero-order valence-corrected chi connectivity index (χ0v) is 8.82. The lowest BCUT2D eigenvalue weighted by Crippen LogP contribution is -1.81. The fourth-order valence-electron chi connectivity index (χ4n) is 0.859. The van der Waals surface area contributed by atoms with Crippen molar-refractivity contribution in [3.63, 3.8) is 0 Å². The van der Waals surface area contributed by atoms with E-state index in [9.17, 15) is 0 Å². The van der Waals surface area contributed by atoms with Gasteiger partial charge in [0.15, 0.2) is 0 Å². The standard InChI is InChI=1S/C8H11IS/c9-5-2-1-3-8-4-6-10-7-8/h4,6-7H,1-3,5H2. The van der Waals surface area contributed by atoms with E-state index in [0.717, 1.165) is 0 Å². The molecule has 0 aliphatic carbocycles. The third-order valence-corrected chi connectivity index (χ3v) is 2.92. The van der Waals surface area contributed by atoms with Crippen molar-refractivity contribution >= 4 is 33.9 Å². The van der Waals surface area contributed by atoms with Crippen molar-refractivity contribution in [3.8, 4) is 0 Å². The van der Waals surface area contributed by atoms with Crippen molar-refractivity contribution in [2.75, 3.05) is 4.43 Å². The summed E-state index contributed by atoms with van der Waals surface area (Å²) in [5.41, 5.74) is 1.51. The molecular weight excluding hydrogens is 255 g/mol. The normalized spacial score (nSPS) is 10.1. The predicted molar refractivity (Wildman–Crippen MR) is 56.1 cm³/mol. The Morgan fingerprint density at radius 1 is 1.40 bits per heavy atom. The van der Waals surface area contributed by atoms with Gasteiger partial charge in [0.25, 0.3) is 0 Å². The lowest BCUT2D eigenvalue weighted by atomic mass is 10.2. The molecule has 1 aromatic rings. The number of hydrogen-bond acceptors (Lipinski definition) is 1. The molecule has 0 unspecified atom stereocenters. The largest absolute Gasteiger partial charge is 0.152 e. The maximum absolute atomic E-state index is 2.43. The monoisotopic (exact) mass is 266 g/mol. The highest BCUT2D eigenvalue weighted by molar-refractivity contribution is 14.1. The Kier molecular flexibility index (Phi) is 4.37. The first-order chi connectivity index (χ1) is 4.93. The molecule has 0 saturated carbocycles. The van der Waals surface area contributed by atoms with E-state index in [0.29, 0.717) is 0 Å². The smallest absolute Gasteiger partial charge is 0.000461 e. The van der Waals surface area contributed by atoms with Crippen molar-refractivity contribution in [1.82, 2.24) is 0 Å². The fraction of sp³-hybridized carbons (Fsp3) is 0.500. The van der Waals surface area contributed by atoms with E-state index in [1.807, 2.05) is 0 Å². The Labute approximate surface area is 79.8 Å². The van der Waals surface area contributed by atoms with Gasteiger partial charge in [-0.1, -0.05) is 22.6 Å². The number of aryl methyl sites for hydroxylation is 1. The highest BCUT2D eigenvalue weighted by atomic mass is 127. The van der Waals surface area contributed by atoms with Crippen LogP contribution in [0.25, 0.3) is 0 Å². The molecule has 1 rings (SSSR count). The minimum Gasteiger partial charge on any atom is -0.152 e. The first-order valence-corrected chi connectivity index (χ1v) is 5.97. The molecule has 2 heteroatoms. The van der Waals surface area contributed by atoms with Crippen LogP contribution in [0.5, 0.6) is 0 Å². The summed E-state index contributed by atoms with van der Waals surface area (Å²) >= 11 is 4.23. The van der Waals surface area contributed by atoms with Crippen LogP contribution in [0.1, 0.15) is 18.4 Å². The molecule has 0 aliphatic rings. The van der Waals surface area contributed by atoms with Crippen molar-refractivity contribution in [2.45, 2.75) is 19.3 Å². The van der Waals surface area contributed by atoms with Gasteiger partial charge >= 0.3 is 0 Å². The SMILES string of the molecule is ICCCCc1ccsc1.